The van der Waals surface area contributed by atoms with E-state index in [1.165, 1.54) is 13.8 Å². The van der Waals surface area contributed by atoms with E-state index in [-0.39, 0.29) is 37.6 Å². The number of hydrogen-bond acceptors (Lipinski definition) is 9. The summed E-state index contributed by atoms with van der Waals surface area (Å²) in [5.74, 6) is -1.27. The average Bonchev–Trinajstić information content (AvgIpc) is 2.45. The Kier molecular flexibility index (Phi) is 10.3. The van der Waals surface area contributed by atoms with E-state index in [2.05, 4.69) is 41.8 Å². The Morgan fingerprint density at radius 1 is 0.870 bits per heavy atom. The first-order chi connectivity index (χ1) is 10.7. The molecular formula is C12H19O10P. The number of carbonyl (C=O) groups is 2. The Morgan fingerprint density at radius 2 is 1.22 bits per heavy atom. The van der Waals surface area contributed by atoms with Crippen molar-refractivity contribution in [2.75, 3.05) is 26.4 Å². The maximum Gasteiger partial charge on any atom is 0.526 e. The van der Waals surface area contributed by atoms with Crippen LogP contribution in [-0.4, -0.2) is 43.3 Å². The molecule has 11 heteroatoms. The molecule has 0 aliphatic carbocycles. The molecule has 0 fully saturated rings. The van der Waals surface area contributed by atoms with Crippen LogP contribution in [-0.2, 0) is 42.8 Å². The molecule has 0 unspecified atom stereocenters. The summed E-state index contributed by atoms with van der Waals surface area (Å²) >= 11 is 0. The fourth-order valence-corrected chi connectivity index (χ4v) is 1.24. The van der Waals surface area contributed by atoms with E-state index in [0.29, 0.717) is 0 Å². The molecule has 0 spiro atoms. The molecule has 0 radical (unpaired) electrons. The molecule has 0 aliphatic heterocycles. The third kappa shape index (κ3) is 11.6. The van der Waals surface area contributed by atoms with Gasteiger partial charge in [0.1, 0.15) is 26.4 Å². The number of phosphoric acid groups is 1. The molecule has 23 heavy (non-hydrogen) atoms. The molecule has 10 nitrogen and oxygen atoms in total. The second-order valence-electron chi connectivity index (χ2n) is 4.09. The van der Waals surface area contributed by atoms with E-state index in [1.807, 2.05) is 0 Å². The number of ether oxygens (including phenoxy) is 2. The topological polar surface area (TPSA) is 127 Å². The first kappa shape index (κ1) is 21.4. The van der Waals surface area contributed by atoms with Crippen LogP contribution < -0.4 is 0 Å². The molecule has 0 heterocycles. The van der Waals surface area contributed by atoms with Crippen molar-refractivity contribution >= 4 is 19.8 Å². The summed E-state index contributed by atoms with van der Waals surface area (Å²) in [6.07, 6.45) is 0. The lowest BCUT2D eigenvalue weighted by Crippen LogP contribution is -2.12. The highest BCUT2D eigenvalue weighted by molar-refractivity contribution is 7.47. The largest absolute Gasteiger partial charge is 0.526 e. The Morgan fingerprint density at radius 3 is 1.52 bits per heavy atom. The van der Waals surface area contributed by atoms with Crippen molar-refractivity contribution in [1.82, 2.24) is 0 Å². The van der Waals surface area contributed by atoms with Gasteiger partial charge in [0, 0.05) is 11.1 Å². The summed E-state index contributed by atoms with van der Waals surface area (Å²) in [4.78, 5) is 39.8. The number of esters is 2. The van der Waals surface area contributed by atoms with Crippen molar-refractivity contribution in [3.8, 4) is 0 Å². The number of rotatable bonds is 12. The molecule has 1 N–H and O–H groups in total. The zero-order chi connectivity index (χ0) is 17.9. The predicted molar refractivity (Wildman–Crippen MR) is 75.4 cm³/mol. The molecule has 0 aromatic carbocycles. The van der Waals surface area contributed by atoms with Gasteiger partial charge in [0.05, 0.1) is 0 Å². The maximum absolute atomic E-state index is 11.2. The molecule has 0 bridgehead atoms. The van der Waals surface area contributed by atoms with Gasteiger partial charge in [0.2, 0.25) is 0 Å². The van der Waals surface area contributed by atoms with Gasteiger partial charge in [-0.3, -0.25) is 4.89 Å². The smallest absolute Gasteiger partial charge is 0.460 e. The first-order valence-electron chi connectivity index (χ1n) is 6.26. The minimum absolute atomic E-state index is 0.197. The van der Waals surface area contributed by atoms with Crippen LogP contribution in [0.4, 0.5) is 0 Å². The molecule has 0 atom stereocenters. The van der Waals surface area contributed by atoms with E-state index in [4.69, 9.17) is 4.89 Å². The Balaban J connectivity index is 3.71. The van der Waals surface area contributed by atoms with E-state index >= 15 is 0 Å². The lowest BCUT2D eigenvalue weighted by atomic mass is 10.4. The third-order valence-corrected chi connectivity index (χ3v) is 2.38. The molecule has 0 rings (SSSR count). The number of carbonyl (C=O) groups excluding carboxylic acids is 2. The Labute approximate surface area is 133 Å². The van der Waals surface area contributed by atoms with Crippen LogP contribution in [0, 0.1) is 0 Å². The van der Waals surface area contributed by atoms with Gasteiger partial charge >= 0.3 is 19.8 Å². The zero-order valence-corrected chi connectivity index (χ0v) is 13.7. The molecule has 0 saturated heterocycles. The lowest BCUT2D eigenvalue weighted by molar-refractivity contribution is -0.283. The molecule has 0 aliphatic rings. The highest BCUT2D eigenvalue weighted by atomic mass is 31.2. The minimum Gasteiger partial charge on any atom is -0.460 e. The summed E-state index contributed by atoms with van der Waals surface area (Å²) in [5.41, 5.74) is 0.394. The molecule has 0 aromatic heterocycles. The fourth-order valence-electron chi connectivity index (χ4n) is 0.803. The second-order valence-corrected chi connectivity index (χ2v) is 5.33. The predicted octanol–water partition coefficient (Wildman–Crippen LogP) is 1.22. The van der Waals surface area contributed by atoms with Gasteiger partial charge < -0.3 is 9.47 Å². The van der Waals surface area contributed by atoms with E-state index in [9.17, 15) is 14.2 Å². The van der Waals surface area contributed by atoms with Gasteiger partial charge in [-0.05, 0) is 13.8 Å². The van der Waals surface area contributed by atoms with Gasteiger partial charge in [-0.25, -0.2) is 23.9 Å². The van der Waals surface area contributed by atoms with Crippen LogP contribution in [0.15, 0.2) is 24.3 Å². The second kappa shape index (κ2) is 11.1. The zero-order valence-electron chi connectivity index (χ0n) is 12.8. The van der Waals surface area contributed by atoms with Crippen LogP contribution >= 0.6 is 7.82 Å². The summed E-state index contributed by atoms with van der Waals surface area (Å²) in [7, 11) is -4.62. The molecular weight excluding hydrogens is 335 g/mol. The lowest BCUT2D eigenvalue weighted by Gasteiger charge is -2.10. The summed E-state index contributed by atoms with van der Waals surface area (Å²) < 4.78 is 28.6. The average molecular weight is 354 g/mol. The van der Waals surface area contributed by atoms with Crippen molar-refractivity contribution in [1.29, 1.82) is 0 Å². The number of hydrogen-bond donors (Lipinski definition) is 1. The van der Waals surface area contributed by atoms with Gasteiger partial charge in [0.25, 0.3) is 0 Å². The van der Waals surface area contributed by atoms with Crippen molar-refractivity contribution in [3.05, 3.63) is 24.3 Å². The fraction of sp³-hybridized carbons (Fsp3) is 0.500. The van der Waals surface area contributed by atoms with Crippen LogP contribution in [0.3, 0.4) is 0 Å². The van der Waals surface area contributed by atoms with E-state index in [1.54, 1.807) is 0 Å². The van der Waals surface area contributed by atoms with E-state index in [0.717, 1.165) is 0 Å². The summed E-state index contributed by atoms with van der Waals surface area (Å²) in [6.45, 7) is 8.56. The van der Waals surface area contributed by atoms with Crippen LogP contribution in [0.1, 0.15) is 13.8 Å². The summed E-state index contributed by atoms with van der Waals surface area (Å²) in [5, 5.41) is 0. The van der Waals surface area contributed by atoms with Gasteiger partial charge in [-0.1, -0.05) is 13.2 Å². The summed E-state index contributed by atoms with van der Waals surface area (Å²) in [6, 6.07) is 0. The van der Waals surface area contributed by atoms with Crippen molar-refractivity contribution < 1.29 is 47.6 Å². The Bertz CT molecular complexity index is 446. The van der Waals surface area contributed by atoms with Crippen molar-refractivity contribution in [3.63, 3.8) is 0 Å². The molecule has 0 aromatic rings. The Hall–Kier alpha value is -1.55. The van der Waals surface area contributed by atoms with Crippen molar-refractivity contribution in [2.45, 2.75) is 13.8 Å². The van der Waals surface area contributed by atoms with Gasteiger partial charge in [-0.2, -0.15) is 0 Å². The highest BCUT2D eigenvalue weighted by Gasteiger charge is 2.24. The minimum atomic E-state index is -4.62. The van der Waals surface area contributed by atoms with E-state index < -0.39 is 19.8 Å². The molecule has 0 amide bonds. The maximum atomic E-state index is 11.2. The quantitative estimate of drug-likeness (QED) is 0.136. The van der Waals surface area contributed by atoms with Crippen LogP contribution in [0.5, 0.6) is 0 Å². The standard InChI is InChI=1S/C12H19O10P/c1-9(2)11(13)17-5-7-19-21-23(15,16)22-20-8-6-18-12(14)10(3)4/h1,3,5-8H2,2,4H3,(H,15,16). The van der Waals surface area contributed by atoms with Crippen LogP contribution in [0.2, 0.25) is 0 Å². The SMILES string of the molecule is C=C(C)C(=O)OCCOOP(=O)(O)OOCCOC(=O)C(=C)C. The third-order valence-electron chi connectivity index (χ3n) is 1.79. The molecule has 132 valence electrons. The van der Waals surface area contributed by atoms with Gasteiger partial charge in [-0.15, -0.1) is 9.35 Å². The first-order valence-corrected chi connectivity index (χ1v) is 7.75. The monoisotopic (exact) mass is 354 g/mol. The van der Waals surface area contributed by atoms with Crippen molar-refractivity contribution in [2.24, 2.45) is 0 Å². The van der Waals surface area contributed by atoms with Crippen LogP contribution in [0.25, 0.3) is 0 Å². The highest BCUT2D eigenvalue weighted by Crippen LogP contribution is 2.43. The van der Waals surface area contributed by atoms with Gasteiger partial charge in [0.15, 0.2) is 0 Å². The molecule has 0 saturated carbocycles. The normalized spacial score (nSPS) is 10.9.